The fourth-order valence-electron chi connectivity index (χ4n) is 3.34. The number of carbonyl (C=O) groups is 2. The first-order chi connectivity index (χ1) is 14.8. The van der Waals surface area contributed by atoms with E-state index in [1.165, 1.54) is 7.11 Å². The summed E-state index contributed by atoms with van der Waals surface area (Å²) in [5, 5.41) is 7.68. The predicted octanol–water partition coefficient (Wildman–Crippen LogP) is 3.90. The van der Waals surface area contributed by atoms with Crippen molar-refractivity contribution in [1.29, 1.82) is 0 Å². The smallest absolute Gasteiger partial charge is 0.340 e. The molecule has 1 amide bonds. The number of nitrogens with one attached hydrogen (secondary N) is 1. The summed E-state index contributed by atoms with van der Waals surface area (Å²) in [5.74, 6) is -1.00. The lowest BCUT2D eigenvalue weighted by Gasteiger charge is -2.12. The molecule has 1 N–H and O–H groups in total. The minimum Gasteiger partial charge on any atom is -0.465 e. The number of amides is 1. The number of rotatable bonds is 8. The number of esters is 1. The lowest BCUT2D eigenvalue weighted by molar-refractivity contribution is 0.0602. The fourth-order valence-corrected chi connectivity index (χ4v) is 3.34. The second-order valence-corrected chi connectivity index (χ2v) is 7.16. The maximum absolute atomic E-state index is 12.8. The molecule has 2 heterocycles. The highest BCUT2D eigenvalue weighted by atomic mass is 19.3. The summed E-state index contributed by atoms with van der Waals surface area (Å²) in [4.78, 5) is 29.5. The first-order valence-electron chi connectivity index (χ1n) is 9.91. The number of ether oxygens (including phenoxy) is 1. The lowest BCUT2D eigenvalue weighted by atomic mass is 9.98. The van der Waals surface area contributed by atoms with Crippen molar-refractivity contribution in [3.63, 3.8) is 0 Å². The van der Waals surface area contributed by atoms with Gasteiger partial charge in [-0.1, -0.05) is 12.1 Å². The Balaban J connectivity index is 2.03. The molecule has 0 fully saturated rings. The van der Waals surface area contributed by atoms with Gasteiger partial charge < -0.3 is 10.1 Å². The second-order valence-electron chi connectivity index (χ2n) is 7.16. The van der Waals surface area contributed by atoms with Crippen LogP contribution >= 0.6 is 0 Å². The van der Waals surface area contributed by atoms with Crippen molar-refractivity contribution in [3.8, 4) is 11.1 Å². The van der Waals surface area contributed by atoms with Gasteiger partial charge in [-0.25, -0.2) is 18.6 Å². The third-order valence-corrected chi connectivity index (χ3v) is 5.14. The van der Waals surface area contributed by atoms with Gasteiger partial charge in [-0.3, -0.25) is 9.48 Å². The van der Waals surface area contributed by atoms with Crippen molar-refractivity contribution >= 4 is 22.8 Å². The highest BCUT2D eigenvalue weighted by Gasteiger charge is 2.20. The van der Waals surface area contributed by atoms with Crippen LogP contribution in [0.15, 0.2) is 30.5 Å². The summed E-state index contributed by atoms with van der Waals surface area (Å²) in [6.07, 6.45) is -0.0980. The number of aryl methyl sites for hydroxylation is 1. The SMILES string of the molecule is COC(=O)c1cccc2c(-c3cnn(C)c3C)cc(C(=O)NCCCCC(F)F)nc12. The van der Waals surface area contributed by atoms with Crippen molar-refractivity contribution < 1.29 is 23.1 Å². The molecule has 164 valence electrons. The number of nitrogens with zero attached hydrogens (tertiary/aromatic N) is 3. The van der Waals surface area contributed by atoms with Crippen molar-refractivity contribution in [2.45, 2.75) is 32.6 Å². The van der Waals surface area contributed by atoms with Gasteiger partial charge in [-0.05, 0) is 37.5 Å². The largest absolute Gasteiger partial charge is 0.465 e. The van der Waals surface area contributed by atoms with Gasteiger partial charge in [0, 0.05) is 36.7 Å². The topological polar surface area (TPSA) is 86.1 Å². The van der Waals surface area contributed by atoms with Gasteiger partial charge in [0.15, 0.2) is 0 Å². The molecule has 0 aliphatic heterocycles. The van der Waals surface area contributed by atoms with Crippen LogP contribution in [0, 0.1) is 6.92 Å². The van der Waals surface area contributed by atoms with Crippen LogP contribution in [0.2, 0.25) is 0 Å². The summed E-state index contributed by atoms with van der Waals surface area (Å²) in [6.45, 7) is 2.16. The zero-order valence-electron chi connectivity index (χ0n) is 17.6. The van der Waals surface area contributed by atoms with E-state index in [0.717, 1.165) is 11.3 Å². The number of methoxy groups -OCH3 is 1. The molecule has 0 aliphatic rings. The number of halogens is 2. The van der Waals surface area contributed by atoms with Gasteiger partial charge in [0.05, 0.1) is 24.4 Å². The number of hydrogen-bond acceptors (Lipinski definition) is 5. The Labute approximate surface area is 178 Å². The van der Waals surface area contributed by atoms with E-state index in [1.807, 2.05) is 20.0 Å². The molecular weight excluding hydrogens is 406 g/mol. The van der Waals surface area contributed by atoms with Gasteiger partial charge in [0.2, 0.25) is 6.43 Å². The Bertz CT molecular complexity index is 1110. The van der Waals surface area contributed by atoms with Gasteiger partial charge in [-0.2, -0.15) is 5.10 Å². The number of pyridine rings is 1. The second kappa shape index (κ2) is 9.63. The first-order valence-corrected chi connectivity index (χ1v) is 9.91. The van der Waals surface area contributed by atoms with Crippen LogP contribution in [0.5, 0.6) is 0 Å². The van der Waals surface area contributed by atoms with E-state index in [1.54, 1.807) is 29.1 Å². The Morgan fingerprint density at radius 1 is 1.23 bits per heavy atom. The van der Waals surface area contributed by atoms with Crippen molar-refractivity contribution in [2.75, 3.05) is 13.7 Å². The highest BCUT2D eigenvalue weighted by Crippen LogP contribution is 2.32. The lowest BCUT2D eigenvalue weighted by Crippen LogP contribution is -2.25. The number of aromatic nitrogens is 3. The van der Waals surface area contributed by atoms with Crippen LogP contribution in [0.25, 0.3) is 22.0 Å². The third kappa shape index (κ3) is 4.87. The van der Waals surface area contributed by atoms with E-state index < -0.39 is 18.3 Å². The van der Waals surface area contributed by atoms with Crippen LogP contribution in [-0.2, 0) is 11.8 Å². The molecule has 2 aromatic heterocycles. The molecule has 0 aliphatic carbocycles. The van der Waals surface area contributed by atoms with Crippen LogP contribution in [0.1, 0.15) is 45.8 Å². The summed E-state index contributed by atoms with van der Waals surface area (Å²) < 4.78 is 31.1. The minimum absolute atomic E-state index is 0.121. The molecule has 0 radical (unpaired) electrons. The Kier molecular flexibility index (Phi) is 6.94. The van der Waals surface area contributed by atoms with E-state index in [4.69, 9.17) is 4.74 Å². The number of hydrogen-bond donors (Lipinski definition) is 1. The molecule has 0 saturated carbocycles. The molecule has 0 unspecified atom stereocenters. The van der Waals surface area contributed by atoms with E-state index in [2.05, 4.69) is 15.4 Å². The molecule has 7 nitrogen and oxygen atoms in total. The maximum Gasteiger partial charge on any atom is 0.340 e. The summed E-state index contributed by atoms with van der Waals surface area (Å²) in [5.41, 5.74) is 3.12. The maximum atomic E-state index is 12.8. The van der Waals surface area contributed by atoms with Gasteiger partial charge in [0.1, 0.15) is 5.69 Å². The number of unbranched alkanes of at least 4 members (excludes halogenated alkanes) is 1. The molecule has 0 saturated heterocycles. The van der Waals surface area contributed by atoms with E-state index in [-0.39, 0.29) is 24.2 Å². The van der Waals surface area contributed by atoms with Gasteiger partial charge in [0.25, 0.3) is 5.91 Å². The quantitative estimate of drug-likeness (QED) is 0.433. The molecular formula is C22H24F2N4O3. The monoisotopic (exact) mass is 430 g/mol. The molecule has 0 atom stereocenters. The van der Waals surface area contributed by atoms with Crippen LogP contribution in [0.3, 0.4) is 0 Å². The molecule has 0 bridgehead atoms. The van der Waals surface area contributed by atoms with Gasteiger partial charge in [-0.15, -0.1) is 0 Å². The molecule has 0 spiro atoms. The molecule has 3 aromatic rings. The Hall–Kier alpha value is -3.36. The molecule has 9 heteroatoms. The number of carbonyl (C=O) groups excluding carboxylic acids is 2. The third-order valence-electron chi connectivity index (χ3n) is 5.14. The number of alkyl halides is 2. The van der Waals surface area contributed by atoms with Gasteiger partial charge >= 0.3 is 5.97 Å². The normalized spacial score (nSPS) is 11.2. The van der Waals surface area contributed by atoms with Crippen molar-refractivity contribution in [1.82, 2.24) is 20.1 Å². The van der Waals surface area contributed by atoms with E-state index in [0.29, 0.717) is 29.3 Å². The molecule has 1 aromatic carbocycles. The summed E-state index contributed by atoms with van der Waals surface area (Å²) in [6, 6.07) is 6.80. The van der Waals surface area contributed by atoms with Crippen LogP contribution < -0.4 is 5.32 Å². The Morgan fingerprint density at radius 2 is 2.00 bits per heavy atom. The van der Waals surface area contributed by atoms with Crippen molar-refractivity contribution in [2.24, 2.45) is 7.05 Å². The Morgan fingerprint density at radius 3 is 2.65 bits per heavy atom. The van der Waals surface area contributed by atoms with Crippen LogP contribution in [0.4, 0.5) is 8.78 Å². The zero-order valence-corrected chi connectivity index (χ0v) is 17.6. The number of fused-ring (bicyclic) bond motifs is 1. The van der Waals surface area contributed by atoms with Crippen molar-refractivity contribution in [3.05, 3.63) is 47.4 Å². The summed E-state index contributed by atoms with van der Waals surface area (Å²) in [7, 11) is 3.10. The first kappa shape index (κ1) is 22.3. The standard InChI is InChI=1S/C22H24F2N4O3/c1-13-17(12-26-28(13)2)16-11-18(21(29)25-10-5-4-9-19(23)24)27-20-14(16)7-6-8-15(20)22(30)31-3/h6-8,11-12,19H,4-5,9-10H2,1-3H3,(H,25,29). The van der Waals surface area contributed by atoms with E-state index >= 15 is 0 Å². The fraction of sp³-hybridized carbons (Fsp3) is 0.364. The number of benzene rings is 1. The predicted molar refractivity (Wildman–Crippen MR) is 112 cm³/mol. The highest BCUT2D eigenvalue weighted by molar-refractivity contribution is 6.09. The molecule has 31 heavy (non-hydrogen) atoms. The zero-order chi connectivity index (χ0) is 22.5. The van der Waals surface area contributed by atoms with Crippen LogP contribution in [-0.4, -0.2) is 46.7 Å². The average molecular weight is 430 g/mol. The average Bonchev–Trinajstić information content (AvgIpc) is 3.09. The van der Waals surface area contributed by atoms with E-state index in [9.17, 15) is 18.4 Å². The summed E-state index contributed by atoms with van der Waals surface area (Å²) >= 11 is 0. The minimum atomic E-state index is -2.35. The number of para-hydroxylation sites is 1. The molecule has 3 rings (SSSR count).